The summed E-state index contributed by atoms with van der Waals surface area (Å²) in [6.07, 6.45) is -0.124. The van der Waals surface area contributed by atoms with Gasteiger partial charge < -0.3 is 14.9 Å². The molecule has 0 aromatic heterocycles. The first-order valence-electron chi connectivity index (χ1n) is 5.60. The van der Waals surface area contributed by atoms with Crippen LogP contribution in [-0.2, 0) is 20.6 Å². The van der Waals surface area contributed by atoms with Crippen molar-refractivity contribution >= 4 is 19.7 Å². The van der Waals surface area contributed by atoms with Crippen molar-refractivity contribution in [3.63, 3.8) is 0 Å². The number of carbonyl (C=O) groups excluding carboxylic acids is 1. The number of nitrogens with zero attached hydrogens (tertiary/aromatic N) is 1. The monoisotopic (exact) mass is 285 g/mol. The van der Waals surface area contributed by atoms with Crippen LogP contribution in [0.5, 0.6) is 0 Å². The highest BCUT2D eigenvalue weighted by Gasteiger charge is 2.37. The normalized spacial score (nSPS) is 15.3. The molecule has 0 spiro atoms. The van der Waals surface area contributed by atoms with Crippen molar-refractivity contribution in [1.29, 1.82) is 0 Å². The average molecular weight is 285 g/mol. The number of rotatable bonds is 7. The van der Waals surface area contributed by atoms with Crippen molar-refractivity contribution < 1.29 is 24.2 Å². The fourth-order valence-electron chi connectivity index (χ4n) is 1.69. The van der Waals surface area contributed by atoms with Crippen LogP contribution in [0.3, 0.4) is 0 Å². The number of carboxylic acids is 1. The second-order valence-electron chi connectivity index (χ2n) is 4.30. The number of aliphatic carboxylic acids is 1. The van der Waals surface area contributed by atoms with Crippen LogP contribution in [0.15, 0.2) is 30.3 Å². The highest BCUT2D eigenvalue weighted by Crippen LogP contribution is 2.47. The average Bonchev–Trinajstić information content (AvgIpc) is 2.36. The number of hydrogen-bond acceptors (Lipinski definition) is 3. The van der Waals surface area contributed by atoms with E-state index in [1.807, 2.05) is 0 Å². The van der Waals surface area contributed by atoms with Crippen molar-refractivity contribution in [1.82, 2.24) is 4.90 Å². The molecular formula is C12H16NO5P. The molecule has 104 valence electrons. The second-order valence-corrected chi connectivity index (χ2v) is 6.72. The molecule has 0 radical (unpaired) electrons. The van der Waals surface area contributed by atoms with Crippen molar-refractivity contribution in [2.75, 3.05) is 13.3 Å². The number of benzene rings is 1. The molecular weight excluding hydrogens is 269 g/mol. The summed E-state index contributed by atoms with van der Waals surface area (Å²) >= 11 is 0. The van der Waals surface area contributed by atoms with Gasteiger partial charge in [-0.25, -0.2) is 0 Å². The molecule has 0 saturated heterocycles. The van der Waals surface area contributed by atoms with Gasteiger partial charge in [0.15, 0.2) is 0 Å². The zero-order valence-electron chi connectivity index (χ0n) is 10.5. The second kappa shape index (κ2) is 6.50. The lowest BCUT2D eigenvalue weighted by Gasteiger charge is -2.22. The first-order chi connectivity index (χ1) is 8.86. The van der Waals surface area contributed by atoms with E-state index >= 15 is 0 Å². The number of carboxylic acid groups (broad SMARTS) is 1. The van der Waals surface area contributed by atoms with Crippen LogP contribution >= 0.6 is 7.37 Å². The molecule has 1 aromatic rings. The van der Waals surface area contributed by atoms with Gasteiger partial charge in [0, 0.05) is 7.05 Å². The third-order valence-electron chi connectivity index (χ3n) is 2.65. The highest BCUT2D eigenvalue weighted by molar-refractivity contribution is 7.59. The van der Waals surface area contributed by atoms with Crippen molar-refractivity contribution in [2.24, 2.45) is 0 Å². The van der Waals surface area contributed by atoms with Gasteiger partial charge in [0.05, 0.1) is 6.29 Å². The molecule has 0 saturated carbocycles. The van der Waals surface area contributed by atoms with Crippen LogP contribution in [0.25, 0.3) is 0 Å². The van der Waals surface area contributed by atoms with Gasteiger partial charge in [-0.2, -0.15) is 0 Å². The van der Waals surface area contributed by atoms with Crippen LogP contribution < -0.4 is 0 Å². The molecule has 0 aliphatic carbocycles. The molecule has 1 aromatic carbocycles. The van der Waals surface area contributed by atoms with Gasteiger partial charge in [-0.1, -0.05) is 30.3 Å². The summed E-state index contributed by atoms with van der Waals surface area (Å²) in [5.41, 5.74) is -0.754. The molecule has 7 heteroatoms. The highest BCUT2D eigenvalue weighted by atomic mass is 31.2. The summed E-state index contributed by atoms with van der Waals surface area (Å²) in [7, 11) is -2.67. The summed E-state index contributed by atoms with van der Waals surface area (Å²) in [4.78, 5) is 32.5. The van der Waals surface area contributed by atoms with Gasteiger partial charge in [0.1, 0.15) is 5.66 Å². The molecule has 0 aliphatic heterocycles. The summed E-state index contributed by atoms with van der Waals surface area (Å²) < 4.78 is 12.1. The Balaban J connectivity index is 2.91. The molecule has 1 amide bonds. The number of amides is 1. The van der Waals surface area contributed by atoms with E-state index in [-0.39, 0.29) is 6.42 Å². The zero-order chi connectivity index (χ0) is 14.5. The Hall–Kier alpha value is -1.65. The van der Waals surface area contributed by atoms with E-state index in [2.05, 4.69) is 0 Å². The van der Waals surface area contributed by atoms with Gasteiger partial charge in [-0.15, -0.1) is 0 Å². The zero-order valence-corrected chi connectivity index (χ0v) is 11.4. The van der Waals surface area contributed by atoms with E-state index in [1.165, 1.54) is 7.05 Å². The van der Waals surface area contributed by atoms with Crippen molar-refractivity contribution in [3.8, 4) is 0 Å². The predicted octanol–water partition coefficient (Wildman–Crippen LogP) is 0.998. The molecule has 6 nitrogen and oxygen atoms in total. The van der Waals surface area contributed by atoms with Gasteiger partial charge in [0.25, 0.3) is 0 Å². The Labute approximate surface area is 111 Å². The maximum atomic E-state index is 12.1. The fraction of sp³-hybridized carbons (Fsp3) is 0.333. The number of carbonyl (C=O) groups is 2. The lowest BCUT2D eigenvalue weighted by atomic mass is 10.1. The molecule has 1 rings (SSSR count). The topological polar surface area (TPSA) is 94.9 Å². The summed E-state index contributed by atoms with van der Waals surface area (Å²) in [5.74, 6) is -1.34. The molecule has 0 fully saturated rings. The Kier molecular flexibility index (Phi) is 5.27. The van der Waals surface area contributed by atoms with Crippen molar-refractivity contribution in [2.45, 2.75) is 12.1 Å². The summed E-state index contributed by atoms with van der Waals surface area (Å²) in [6.45, 7) is 0. The summed E-state index contributed by atoms with van der Waals surface area (Å²) in [6, 6.07) is 8.62. The molecule has 2 unspecified atom stereocenters. The molecule has 2 N–H and O–H groups in total. The maximum Gasteiger partial charge on any atom is 0.316 e. The molecule has 0 heterocycles. The quantitative estimate of drug-likeness (QED) is 0.575. The van der Waals surface area contributed by atoms with E-state index in [4.69, 9.17) is 5.11 Å². The Morgan fingerprint density at radius 1 is 1.42 bits per heavy atom. The Morgan fingerprint density at radius 3 is 2.47 bits per heavy atom. The number of hydrogen-bond donors (Lipinski definition) is 2. The molecule has 0 bridgehead atoms. The Morgan fingerprint density at radius 2 is 2.00 bits per heavy atom. The van der Waals surface area contributed by atoms with Crippen LogP contribution in [0.2, 0.25) is 0 Å². The van der Waals surface area contributed by atoms with Crippen LogP contribution in [0.1, 0.15) is 5.56 Å². The fourth-order valence-corrected chi connectivity index (χ4v) is 3.44. The van der Waals surface area contributed by atoms with Crippen molar-refractivity contribution in [3.05, 3.63) is 35.9 Å². The van der Waals surface area contributed by atoms with Gasteiger partial charge in [0.2, 0.25) is 13.8 Å². The van der Waals surface area contributed by atoms with Crippen LogP contribution in [0, 0.1) is 0 Å². The smallest absolute Gasteiger partial charge is 0.316 e. The summed E-state index contributed by atoms with van der Waals surface area (Å²) in [5, 5.41) is 9.12. The lowest BCUT2D eigenvalue weighted by molar-refractivity contribution is -0.136. The minimum absolute atomic E-state index is 0.0450. The lowest BCUT2D eigenvalue weighted by Crippen LogP contribution is -2.29. The molecule has 19 heavy (non-hydrogen) atoms. The van der Waals surface area contributed by atoms with Gasteiger partial charge in [-0.3, -0.25) is 14.2 Å². The van der Waals surface area contributed by atoms with E-state index in [0.717, 1.165) is 4.90 Å². The van der Waals surface area contributed by atoms with E-state index in [1.54, 1.807) is 30.3 Å². The standard InChI is InChI=1S/C12H16NO5P/c1-13(8-14)9-19(17,18)11(12(15)16)7-10-5-3-2-4-6-10/h2-6,8,11H,7,9H2,1H3,(H,15,16)(H,17,18). The molecule has 0 aliphatic rings. The largest absolute Gasteiger partial charge is 0.481 e. The van der Waals surface area contributed by atoms with E-state index < -0.39 is 25.3 Å². The molecule has 2 atom stereocenters. The third kappa shape index (κ3) is 4.50. The van der Waals surface area contributed by atoms with Crippen LogP contribution in [0.4, 0.5) is 0 Å². The minimum atomic E-state index is -4.00. The van der Waals surface area contributed by atoms with Crippen LogP contribution in [-0.4, -0.2) is 46.3 Å². The predicted molar refractivity (Wildman–Crippen MR) is 70.1 cm³/mol. The maximum absolute atomic E-state index is 12.1. The van der Waals surface area contributed by atoms with Gasteiger partial charge in [-0.05, 0) is 12.0 Å². The third-order valence-corrected chi connectivity index (χ3v) is 4.88. The first kappa shape index (κ1) is 15.4. The van der Waals surface area contributed by atoms with Gasteiger partial charge >= 0.3 is 5.97 Å². The van der Waals surface area contributed by atoms with E-state index in [9.17, 15) is 19.0 Å². The Bertz CT molecular complexity index is 490. The van der Waals surface area contributed by atoms with E-state index in [0.29, 0.717) is 12.0 Å². The first-order valence-corrected chi connectivity index (χ1v) is 7.52. The SMILES string of the molecule is CN(C=O)CP(=O)(O)C(Cc1ccccc1)C(=O)O. The minimum Gasteiger partial charge on any atom is -0.481 e.